The Kier molecular flexibility index (Phi) is 8.20. The van der Waals surface area contributed by atoms with Gasteiger partial charge in [0.1, 0.15) is 5.75 Å². The van der Waals surface area contributed by atoms with Crippen LogP contribution in [-0.4, -0.2) is 41.8 Å². The summed E-state index contributed by atoms with van der Waals surface area (Å²) in [6, 6.07) is 8.88. The van der Waals surface area contributed by atoms with Crippen LogP contribution in [0.15, 0.2) is 24.3 Å². The van der Waals surface area contributed by atoms with Gasteiger partial charge in [-0.05, 0) is 59.0 Å². The number of thiocarbonyl (C=S) groups is 1. The highest BCUT2D eigenvalue weighted by Crippen LogP contribution is 2.23. The quantitative estimate of drug-likeness (QED) is 0.716. The van der Waals surface area contributed by atoms with E-state index >= 15 is 0 Å². The van der Waals surface area contributed by atoms with Crippen LogP contribution in [0.4, 0.5) is 5.69 Å². The number of nitrogens with zero attached hydrogens (tertiary/aromatic N) is 1. The first-order chi connectivity index (χ1) is 10.5. The van der Waals surface area contributed by atoms with Crippen molar-refractivity contribution in [2.24, 2.45) is 0 Å². The van der Waals surface area contributed by atoms with Gasteiger partial charge in [0.05, 0.1) is 12.3 Å². The fourth-order valence-corrected chi connectivity index (χ4v) is 2.64. The molecular weight excluding hydrogens is 294 g/mol. The molecule has 1 aromatic carbocycles. The second kappa shape index (κ2) is 9.64. The van der Waals surface area contributed by atoms with E-state index < -0.39 is 0 Å². The summed E-state index contributed by atoms with van der Waals surface area (Å²) in [5, 5.41) is 7.09. The lowest BCUT2D eigenvalue weighted by Crippen LogP contribution is -2.43. The number of hydrogen-bond acceptors (Lipinski definition) is 3. The first-order valence-electron chi connectivity index (χ1n) is 7.98. The van der Waals surface area contributed by atoms with Crippen molar-refractivity contribution in [2.75, 3.05) is 25.0 Å². The van der Waals surface area contributed by atoms with Crippen LogP contribution in [0.2, 0.25) is 0 Å². The molecule has 0 aliphatic heterocycles. The number of benzene rings is 1. The van der Waals surface area contributed by atoms with Gasteiger partial charge >= 0.3 is 0 Å². The first-order valence-corrected chi connectivity index (χ1v) is 8.39. The monoisotopic (exact) mass is 323 g/mol. The summed E-state index contributed by atoms with van der Waals surface area (Å²) in [5.41, 5.74) is 0.895. The molecule has 0 atom stereocenters. The minimum atomic E-state index is 0.530. The van der Waals surface area contributed by atoms with Gasteiger partial charge in [0.2, 0.25) is 0 Å². The third-order valence-corrected chi connectivity index (χ3v) is 3.66. The zero-order chi connectivity index (χ0) is 16.5. The summed E-state index contributed by atoms with van der Waals surface area (Å²) in [7, 11) is 0. The molecule has 0 radical (unpaired) electrons. The molecule has 4 nitrogen and oxygen atoms in total. The molecule has 22 heavy (non-hydrogen) atoms. The molecular formula is C17H29N3OS. The van der Waals surface area contributed by atoms with E-state index in [1.165, 1.54) is 0 Å². The van der Waals surface area contributed by atoms with Crippen LogP contribution >= 0.6 is 12.2 Å². The van der Waals surface area contributed by atoms with Gasteiger partial charge in [-0.3, -0.25) is 4.90 Å². The van der Waals surface area contributed by atoms with Crippen LogP contribution in [0.25, 0.3) is 0 Å². The highest BCUT2D eigenvalue weighted by atomic mass is 32.1. The number of anilines is 1. The molecule has 0 spiro atoms. The molecule has 0 unspecified atom stereocenters. The number of nitrogens with one attached hydrogen (secondary N) is 2. The summed E-state index contributed by atoms with van der Waals surface area (Å²) in [6.45, 7) is 13.3. The first kappa shape index (κ1) is 18.7. The SMILES string of the molecule is CCOc1ccccc1NC(=S)NCCN(C(C)C)C(C)C. The third kappa shape index (κ3) is 6.20. The number of ether oxygens (including phenoxy) is 1. The smallest absolute Gasteiger partial charge is 0.170 e. The largest absolute Gasteiger partial charge is 0.492 e. The Balaban J connectivity index is 2.47. The molecule has 5 heteroatoms. The lowest BCUT2D eigenvalue weighted by molar-refractivity contribution is 0.178. The molecule has 0 aliphatic rings. The van der Waals surface area contributed by atoms with Crippen molar-refractivity contribution in [2.45, 2.75) is 46.7 Å². The zero-order valence-electron chi connectivity index (χ0n) is 14.3. The maximum atomic E-state index is 5.59. The summed E-state index contributed by atoms with van der Waals surface area (Å²) < 4.78 is 5.59. The van der Waals surface area contributed by atoms with Crippen molar-refractivity contribution in [3.8, 4) is 5.75 Å². The van der Waals surface area contributed by atoms with Crippen LogP contribution < -0.4 is 15.4 Å². The van der Waals surface area contributed by atoms with Crippen molar-refractivity contribution < 1.29 is 4.74 Å². The van der Waals surface area contributed by atoms with E-state index in [1.54, 1.807) is 0 Å². The van der Waals surface area contributed by atoms with Gasteiger partial charge in [-0.15, -0.1) is 0 Å². The van der Waals surface area contributed by atoms with Crippen molar-refractivity contribution in [3.05, 3.63) is 24.3 Å². The van der Waals surface area contributed by atoms with Crippen LogP contribution in [0, 0.1) is 0 Å². The van der Waals surface area contributed by atoms with Crippen molar-refractivity contribution in [1.82, 2.24) is 10.2 Å². The van der Waals surface area contributed by atoms with Crippen LogP contribution in [0.1, 0.15) is 34.6 Å². The molecule has 0 fully saturated rings. The molecule has 1 rings (SSSR count). The Morgan fingerprint density at radius 1 is 1.18 bits per heavy atom. The Hall–Kier alpha value is -1.33. The summed E-state index contributed by atoms with van der Waals surface area (Å²) in [4.78, 5) is 2.43. The Bertz CT molecular complexity index is 455. The predicted molar refractivity (Wildman–Crippen MR) is 98.8 cm³/mol. The third-order valence-electron chi connectivity index (χ3n) is 3.42. The van der Waals surface area contributed by atoms with E-state index in [1.807, 2.05) is 31.2 Å². The van der Waals surface area contributed by atoms with E-state index in [0.29, 0.717) is 23.8 Å². The van der Waals surface area contributed by atoms with Gasteiger partial charge < -0.3 is 15.4 Å². The summed E-state index contributed by atoms with van der Waals surface area (Å²) in [6.07, 6.45) is 0. The lowest BCUT2D eigenvalue weighted by Gasteiger charge is -2.30. The normalized spacial score (nSPS) is 11.1. The Labute approximate surface area is 140 Å². The van der Waals surface area contributed by atoms with Gasteiger partial charge in [-0.1, -0.05) is 12.1 Å². The van der Waals surface area contributed by atoms with E-state index in [4.69, 9.17) is 17.0 Å². The predicted octanol–water partition coefficient (Wildman–Crippen LogP) is 3.49. The van der Waals surface area contributed by atoms with E-state index in [9.17, 15) is 0 Å². The Morgan fingerprint density at radius 3 is 2.41 bits per heavy atom. The highest BCUT2D eigenvalue weighted by molar-refractivity contribution is 7.80. The second-order valence-electron chi connectivity index (χ2n) is 5.74. The van der Waals surface area contributed by atoms with Gasteiger partial charge in [-0.25, -0.2) is 0 Å². The fourth-order valence-electron chi connectivity index (χ4n) is 2.43. The van der Waals surface area contributed by atoms with Crippen LogP contribution in [-0.2, 0) is 0 Å². The molecule has 0 saturated heterocycles. The van der Waals surface area contributed by atoms with Crippen LogP contribution in [0.3, 0.4) is 0 Å². The lowest BCUT2D eigenvalue weighted by atomic mass is 10.2. The molecule has 0 heterocycles. The summed E-state index contributed by atoms with van der Waals surface area (Å²) in [5.74, 6) is 0.820. The summed E-state index contributed by atoms with van der Waals surface area (Å²) >= 11 is 5.37. The maximum Gasteiger partial charge on any atom is 0.170 e. The van der Waals surface area contributed by atoms with Gasteiger partial charge in [-0.2, -0.15) is 0 Å². The Morgan fingerprint density at radius 2 is 1.82 bits per heavy atom. The topological polar surface area (TPSA) is 36.5 Å². The van der Waals surface area contributed by atoms with Gasteiger partial charge in [0.25, 0.3) is 0 Å². The molecule has 124 valence electrons. The number of para-hydroxylation sites is 2. The van der Waals surface area contributed by atoms with Gasteiger partial charge in [0.15, 0.2) is 5.11 Å². The van der Waals surface area contributed by atoms with E-state index in [-0.39, 0.29) is 0 Å². The number of rotatable bonds is 8. The molecule has 0 saturated carbocycles. The molecule has 0 amide bonds. The average Bonchev–Trinajstić information content (AvgIpc) is 2.45. The van der Waals surface area contributed by atoms with E-state index in [0.717, 1.165) is 24.5 Å². The van der Waals surface area contributed by atoms with Crippen molar-refractivity contribution >= 4 is 23.0 Å². The van der Waals surface area contributed by atoms with Crippen molar-refractivity contribution in [3.63, 3.8) is 0 Å². The van der Waals surface area contributed by atoms with Crippen LogP contribution in [0.5, 0.6) is 5.75 Å². The maximum absolute atomic E-state index is 5.59. The number of hydrogen-bond donors (Lipinski definition) is 2. The second-order valence-corrected chi connectivity index (χ2v) is 6.14. The molecule has 0 aliphatic carbocycles. The fraction of sp³-hybridized carbons (Fsp3) is 0.588. The van der Waals surface area contributed by atoms with Crippen molar-refractivity contribution in [1.29, 1.82) is 0 Å². The highest BCUT2D eigenvalue weighted by Gasteiger charge is 2.12. The standard InChI is InChI=1S/C17H29N3OS/c1-6-21-16-10-8-7-9-15(16)19-17(22)18-11-12-20(13(2)3)14(4)5/h7-10,13-14H,6,11-12H2,1-5H3,(H2,18,19,22). The minimum Gasteiger partial charge on any atom is -0.492 e. The van der Waals surface area contributed by atoms with E-state index in [2.05, 4.69) is 43.2 Å². The molecule has 1 aromatic rings. The minimum absolute atomic E-state index is 0.530. The molecule has 2 N–H and O–H groups in total. The molecule has 0 aromatic heterocycles. The average molecular weight is 324 g/mol. The van der Waals surface area contributed by atoms with Gasteiger partial charge in [0, 0.05) is 25.2 Å². The zero-order valence-corrected chi connectivity index (χ0v) is 15.2. The molecule has 0 bridgehead atoms.